The van der Waals surface area contributed by atoms with Gasteiger partial charge in [0.15, 0.2) is 0 Å². The molecule has 3 aromatic heterocycles. The quantitative estimate of drug-likeness (QED) is 0.142. The summed E-state index contributed by atoms with van der Waals surface area (Å²) in [4.78, 5) is 8.74. The minimum absolute atomic E-state index is 0. The van der Waals surface area contributed by atoms with E-state index in [1.807, 2.05) is 60.8 Å². The van der Waals surface area contributed by atoms with E-state index in [9.17, 15) is 0 Å². The standard InChI is InChI=1S/C20H18NOSi.C12H10N.Ir/c1-23(2,3)18-12-7-11-17-19(18)15-9-6-8-14(20(15)22-17)16-10-4-5-13-21-16;1-10-7-8-13-12(9-10)11-5-3-2-4-6-11;/h4-7,9-13H,1-3H3;2-5,7-9H,1H3;/q2*-1;. The minimum atomic E-state index is -1.46. The topological polar surface area (TPSA) is 38.9 Å². The first-order valence-corrected chi connectivity index (χ1v) is 15.6. The molecule has 1 radical (unpaired) electrons. The Balaban J connectivity index is 0.000000195. The Morgan fingerprint density at radius 2 is 1.57 bits per heavy atom. The first-order valence-electron chi connectivity index (χ1n) is 12.1. The molecular formula is C32H28IrN2OSi-2. The molecule has 0 unspecified atom stereocenters. The summed E-state index contributed by atoms with van der Waals surface area (Å²) in [5, 5.41) is 3.86. The van der Waals surface area contributed by atoms with Crippen molar-refractivity contribution in [3.8, 4) is 22.5 Å². The second-order valence-corrected chi connectivity index (χ2v) is 14.9. The molecule has 0 bridgehead atoms. The van der Waals surface area contributed by atoms with Crippen molar-refractivity contribution < 1.29 is 24.5 Å². The molecule has 0 spiro atoms. The monoisotopic (exact) mass is 677 g/mol. The van der Waals surface area contributed by atoms with Crippen LogP contribution in [0.4, 0.5) is 0 Å². The van der Waals surface area contributed by atoms with E-state index in [0.717, 1.165) is 39.1 Å². The summed E-state index contributed by atoms with van der Waals surface area (Å²) in [5.41, 5.74) is 6.92. The molecule has 37 heavy (non-hydrogen) atoms. The molecule has 3 aromatic carbocycles. The fraction of sp³-hybridized carbons (Fsp3) is 0.125. The van der Waals surface area contributed by atoms with Gasteiger partial charge in [0.2, 0.25) is 0 Å². The van der Waals surface area contributed by atoms with E-state index in [1.165, 1.54) is 16.1 Å². The van der Waals surface area contributed by atoms with Crippen LogP contribution in [-0.2, 0) is 20.1 Å². The van der Waals surface area contributed by atoms with E-state index >= 15 is 0 Å². The number of nitrogens with zero attached hydrogens (tertiary/aromatic N) is 2. The van der Waals surface area contributed by atoms with Crippen molar-refractivity contribution in [2.24, 2.45) is 0 Å². The van der Waals surface area contributed by atoms with Crippen LogP contribution < -0.4 is 5.19 Å². The molecule has 6 aromatic rings. The number of pyridine rings is 2. The molecule has 6 rings (SSSR count). The van der Waals surface area contributed by atoms with Crippen LogP contribution in [0.25, 0.3) is 44.5 Å². The van der Waals surface area contributed by atoms with Crippen molar-refractivity contribution >= 4 is 35.2 Å². The second-order valence-electron chi connectivity index (χ2n) is 9.84. The third-order valence-corrected chi connectivity index (χ3v) is 8.12. The number of hydrogen-bond donors (Lipinski definition) is 0. The summed E-state index contributed by atoms with van der Waals surface area (Å²) in [6.45, 7) is 9.17. The Hall–Kier alpha value is -3.37. The number of furan rings is 1. The summed E-state index contributed by atoms with van der Waals surface area (Å²) in [7, 11) is -1.46. The Bertz CT molecular complexity index is 1620. The maximum atomic E-state index is 6.22. The molecule has 3 heterocycles. The van der Waals surface area contributed by atoms with Crippen LogP contribution in [0.3, 0.4) is 0 Å². The van der Waals surface area contributed by atoms with Crippen LogP contribution in [0, 0.1) is 19.1 Å². The predicted molar refractivity (Wildman–Crippen MR) is 152 cm³/mol. The summed E-state index contributed by atoms with van der Waals surface area (Å²) in [6, 6.07) is 34.8. The van der Waals surface area contributed by atoms with Gasteiger partial charge in [-0.25, -0.2) is 0 Å². The van der Waals surface area contributed by atoms with Crippen LogP contribution in [0.15, 0.2) is 102 Å². The molecule has 0 saturated carbocycles. The molecule has 0 N–H and O–H groups in total. The van der Waals surface area contributed by atoms with Gasteiger partial charge >= 0.3 is 0 Å². The molecule has 0 saturated heterocycles. The van der Waals surface area contributed by atoms with Crippen LogP contribution in [-0.4, -0.2) is 18.0 Å². The van der Waals surface area contributed by atoms with E-state index in [0.29, 0.717) is 0 Å². The van der Waals surface area contributed by atoms with Gasteiger partial charge in [0.25, 0.3) is 0 Å². The van der Waals surface area contributed by atoms with Crippen LogP contribution in [0.1, 0.15) is 5.56 Å². The molecule has 3 nitrogen and oxygen atoms in total. The van der Waals surface area contributed by atoms with E-state index in [4.69, 9.17) is 4.42 Å². The Kier molecular flexibility index (Phi) is 8.18. The SMILES string of the molecule is C[Si](C)(C)c1cccc2oc3c(-c4ccccn4)[c-]ccc3c12.Cc1ccnc(-c2[c-]cccc2)c1.[Ir]. The van der Waals surface area contributed by atoms with Gasteiger partial charge in [-0.2, -0.15) is 0 Å². The smallest absolute Gasteiger partial charge is 0.120 e. The fourth-order valence-corrected chi connectivity index (χ4v) is 5.96. The van der Waals surface area contributed by atoms with Crippen LogP contribution in [0.2, 0.25) is 19.6 Å². The van der Waals surface area contributed by atoms with Gasteiger partial charge in [0.1, 0.15) is 5.58 Å². The van der Waals surface area contributed by atoms with Gasteiger partial charge in [0, 0.05) is 37.9 Å². The Labute approximate surface area is 233 Å². The molecule has 5 heteroatoms. The Morgan fingerprint density at radius 1 is 0.757 bits per heavy atom. The van der Waals surface area contributed by atoms with Crippen molar-refractivity contribution in [3.05, 3.63) is 115 Å². The van der Waals surface area contributed by atoms with Crippen molar-refractivity contribution in [1.29, 1.82) is 0 Å². The van der Waals surface area contributed by atoms with Crippen LogP contribution in [0.5, 0.6) is 0 Å². The van der Waals surface area contributed by atoms with Crippen molar-refractivity contribution in [3.63, 3.8) is 0 Å². The summed E-state index contributed by atoms with van der Waals surface area (Å²) in [5.74, 6) is 0. The number of fused-ring (bicyclic) bond motifs is 3. The van der Waals surface area contributed by atoms with Gasteiger partial charge < -0.3 is 14.4 Å². The average Bonchev–Trinajstić information content (AvgIpc) is 3.28. The van der Waals surface area contributed by atoms with E-state index in [-0.39, 0.29) is 20.1 Å². The van der Waals surface area contributed by atoms with Gasteiger partial charge in [-0.05, 0) is 36.5 Å². The van der Waals surface area contributed by atoms with E-state index in [2.05, 4.69) is 79.0 Å². The zero-order valence-electron chi connectivity index (χ0n) is 21.4. The third kappa shape index (κ3) is 5.80. The molecule has 0 fully saturated rings. The van der Waals surface area contributed by atoms with Gasteiger partial charge in [0.05, 0.1) is 13.7 Å². The number of rotatable bonds is 3. The Morgan fingerprint density at radius 3 is 2.27 bits per heavy atom. The molecule has 0 aliphatic heterocycles. The van der Waals surface area contributed by atoms with Crippen molar-refractivity contribution in [1.82, 2.24) is 9.97 Å². The van der Waals surface area contributed by atoms with E-state index in [1.54, 1.807) is 6.20 Å². The fourth-order valence-electron chi connectivity index (χ4n) is 4.35. The van der Waals surface area contributed by atoms with Crippen molar-refractivity contribution in [2.45, 2.75) is 26.6 Å². The maximum absolute atomic E-state index is 6.22. The van der Waals surface area contributed by atoms with Gasteiger partial charge in [-0.1, -0.05) is 71.7 Å². The van der Waals surface area contributed by atoms with Gasteiger partial charge in [-0.3, -0.25) is 0 Å². The molecule has 187 valence electrons. The first-order chi connectivity index (χ1) is 17.4. The number of aryl methyl sites for hydroxylation is 1. The van der Waals surface area contributed by atoms with Crippen molar-refractivity contribution in [2.75, 3.05) is 0 Å². The zero-order chi connectivity index (χ0) is 25.1. The summed E-state index contributed by atoms with van der Waals surface area (Å²) < 4.78 is 6.22. The summed E-state index contributed by atoms with van der Waals surface area (Å²) >= 11 is 0. The molecule has 0 aliphatic carbocycles. The largest absolute Gasteiger partial charge is 0.501 e. The average molecular weight is 677 g/mol. The molecule has 0 amide bonds. The number of benzene rings is 3. The molecule has 0 aliphatic rings. The zero-order valence-corrected chi connectivity index (χ0v) is 24.8. The maximum Gasteiger partial charge on any atom is 0.120 e. The minimum Gasteiger partial charge on any atom is -0.501 e. The molecular weight excluding hydrogens is 649 g/mol. The first kappa shape index (κ1) is 26.7. The summed E-state index contributed by atoms with van der Waals surface area (Å²) in [6.07, 6.45) is 3.63. The predicted octanol–water partition coefficient (Wildman–Crippen LogP) is 7.85. The van der Waals surface area contributed by atoms with Gasteiger partial charge in [-0.15, -0.1) is 54.1 Å². The number of hydrogen-bond acceptors (Lipinski definition) is 3. The normalized spacial score (nSPS) is 11.0. The van der Waals surface area contributed by atoms with E-state index < -0.39 is 8.07 Å². The second kappa shape index (κ2) is 11.3. The number of aromatic nitrogens is 2. The molecule has 0 atom stereocenters. The third-order valence-electron chi connectivity index (χ3n) is 6.09. The van der Waals surface area contributed by atoms with Crippen LogP contribution >= 0.6 is 0 Å².